The first-order valence-electron chi connectivity index (χ1n) is 10.5. The van der Waals surface area contributed by atoms with Crippen molar-refractivity contribution in [3.63, 3.8) is 0 Å². The van der Waals surface area contributed by atoms with Crippen molar-refractivity contribution in [2.45, 2.75) is 30.2 Å². The molecule has 1 N–H and O–H groups in total. The maximum atomic E-state index is 13.1. The molecule has 2 atom stereocenters. The Balaban J connectivity index is 1.75. The van der Waals surface area contributed by atoms with E-state index in [0.717, 1.165) is 0 Å². The Morgan fingerprint density at radius 3 is 2.48 bits per heavy atom. The van der Waals surface area contributed by atoms with E-state index in [1.165, 1.54) is 30.7 Å². The van der Waals surface area contributed by atoms with Crippen LogP contribution in [0.5, 0.6) is 5.75 Å². The fourth-order valence-electron chi connectivity index (χ4n) is 3.81. The highest BCUT2D eigenvalue weighted by atomic mass is 35.5. The Labute approximate surface area is 198 Å². The lowest BCUT2D eigenvalue weighted by molar-refractivity contribution is -0.141. The van der Waals surface area contributed by atoms with Crippen LogP contribution in [0.1, 0.15) is 30.9 Å². The molecule has 2 aromatic carbocycles. The highest BCUT2D eigenvalue weighted by Crippen LogP contribution is 2.28. The molecule has 2 unspecified atom stereocenters. The number of amides is 1. The van der Waals surface area contributed by atoms with Crippen molar-refractivity contribution in [2.75, 3.05) is 27.3 Å². The minimum absolute atomic E-state index is 0.0493. The zero-order valence-electron chi connectivity index (χ0n) is 18.5. The van der Waals surface area contributed by atoms with Crippen LogP contribution < -0.4 is 10.1 Å². The van der Waals surface area contributed by atoms with Crippen molar-refractivity contribution in [2.24, 2.45) is 5.92 Å². The molecule has 10 heteroatoms. The fourth-order valence-corrected chi connectivity index (χ4v) is 5.60. The van der Waals surface area contributed by atoms with Crippen molar-refractivity contribution >= 4 is 33.5 Å². The molecule has 0 bridgehead atoms. The monoisotopic (exact) mass is 494 g/mol. The lowest BCUT2D eigenvalue weighted by atomic mass is 9.97. The largest absolute Gasteiger partial charge is 0.497 e. The van der Waals surface area contributed by atoms with Crippen LogP contribution in [0.15, 0.2) is 53.4 Å². The summed E-state index contributed by atoms with van der Waals surface area (Å²) in [7, 11) is -0.979. The number of piperidine rings is 1. The van der Waals surface area contributed by atoms with E-state index in [2.05, 4.69) is 5.32 Å². The first-order chi connectivity index (χ1) is 15.8. The number of carbonyl (C=O) groups excluding carboxylic acids is 2. The zero-order chi connectivity index (χ0) is 24.0. The van der Waals surface area contributed by atoms with Gasteiger partial charge in [-0.05, 0) is 48.7 Å². The van der Waals surface area contributed by atoms with Crippen LogP contribution in [0, 0.1) is 5.92 Å². The number of carbonyl (C=O) groups is 2. The van der Waals surface area contributed by atoms with Gasteiger partial charge in [0, 0.05) is 18.1 Å². The number of nitrogens with one attached hydrogen (secondary N) is 1. The maximum absolute atomic E-state index is 13.1. The second-order valence-electron chi connectivity index (χ2n) is 7.74. The Morgan fingerprint density at radius 1 is 1.15 bits per heavy atom. The predicted molar refractivity (Wildman–Crippen MR) is 123 cm³/mol. The standard InChI is InChI=1S/C23H27ClN2O6S/c1-31-17-9-11-18(12-10-17)33(29,30)26-13-5-6-16(15-26)23(28)25-21(14-22(27)32-2)19-7-3-4-8-20(19)24/h3-4,7-12,16,21H,5-6,13-15H2,1-2H3,(H,25,28). The topological polar surface area (TPSA) is 102 Å². The van der Waals surface area contributed by atoms with Gasteiger partial charge in [-0.25, -0.2) is 8.42 Å². The number of nitrogens with zero attached hydrogens (tertiary/aromatic N) is 1. The SMILES string of the molecule is COC(=O)CC(NC(=O)C1CCCN(S(=O)(=O)c2ccc(OC)cc2)C1)c1ccccc1Cl. The molecule has 1 saturated heterocycles. The molecule has 0 radical (unpaired) electrons. The molecule has 178 valence electrons. The molecule has 0 aromatic heterocycles. The van der Waals surface area contributed by atoms with Crippen LogP contribution in [0.25, 0.3) is 0 Å². The van der Waals surface area contributed by atoms with Crippen molar-refractivity contribution in [3.05, 3.63) is 59.1 Å². The average molecular weight is 495 g/mol. The Kier molecular flexibility index (Phi) is 8.34. The number of rotatable bonds is 8. The molecule has 0 aliphatic carbocycles. The van der Waals surface area contributed by atoms with Crippen molar-refractivity contribution in [1.82, 2.24) is 9.62 Å². The van der Waals surface area contributed by atoms with E-state index in [9.17, 15) is 18.0 Å². The van der Waals surface area contributed by atoms with E-state index >= 15 is 0 Å². The molecule has 1 amide bonds. The number of methoxy groups -OCH3 is 2. The predicted octanol–water partition coefficient (Wildman–Crippen LogP) is 3.17. The summed E-state index contributed by atoms with van der Waals surface area (Å²) in [6.07, 6.45) is 0.988. The Bertz CT molecular complexity index is 1090. The van der Waals surface area contributed by atoms with Gasteiger partial charge in [0.2, 0.25) is 15.9 Å². The molecule has 1 fully saturated rings. The van der Waals surface area contributed by atoms with Gasteiger partial charge in [0.05, 0.1) is 37.5 Å². The van der Waals surface area contributed by atoms with Gasteiger partial charge >= 0.3 is 5.97 Å². The highest BCUT2D eigenvalue weighted by Gasteiger charge is 2.34. The van der Waals surface area contributed by atoms with E-state index in [-0.39, 0.29) is 23.8 Å². The molecule has 8 nitrogen and oxygen atoms in total. The van der Waals surface area contributed by atoms with E-state index in [1.54, 1.807) is 36.4 Å². The quantitative estimate of drug-likeness (QED) is 0.565. The van der Waals surface area contributed by atoms with Crippen LogP contribution in [0.3, 0.4) is 0 Å². The molecule has 1 aliphatic rings. The molecule has 1 heterocycles. The maximum Gasteiger partial charge on any atom is 0.307 e. The van der Waals surface area contributed by atoms with E-state index in [4.69, 9.17) is 21.1 Å². The molecule has 0 spiro atoms. The van der Waals surface area contributed by atoms with Crippen molar-refractivity contribution in [1.29, 1.82) is 0 Å². The molecular formula is C23H27ClN2O6S. The number of sulfonamides is 1. The Morgan fingerprint density at radius 2 is 1.85 bits per heavy atom. The lowest BCUT2D eigenvalue weighted by Crippen LogP contribution is -2.46. The fraction of sp³-hybridized carbons (Fsp3) is 0.391. The minimum Gasteiger partial charge on any atom is -0.497 e. The van der Waals surface area contributed by atoms with Gasteiger partial charge in [-0.3, -0.25) is 9.59 Å². The van der Waals surface area contributed by atoms with Crippen LogP contribution in [0.4, 0.5) is 0 Å². The van der Waals surface area contributed by atoms with Gasteiger partial charge in [0.15, 0.2) is 0 Å². The smallest absolute Gasteiger partial charge is 0.307 e. The second-order valence-corrected chi connectivity index (χ2v) is 10.1. The molecule has 2 aromatic rings. The molecule has 33 heavy (non-hydrogen) atoms. The summed E-state index contributed by atoms with van der Waals surface area (Å²) in [4.78, 5) is 25.2. The lowest BCUT2D eigenvalue weighted by Gasteiger charge is -2.32. The summed E-state index contributed by atoms with van der Waals surface area (Å²) >= 11 is 6.29. The second kappa shape index (κ2) is 11.0. The van der Waals surface area contributed by atoms with E-state index in [0.29, 0.717) is 35.7 Å². The number of hydrogen-bond donors (Lipinski definition) is 1. The van der Waals surface area contributed by atoms with Gasteiger partial charge < -0.3 is 14.8 Å². The Hall–Kier alpha value is -2.62. The van der Waals surface area contributed by atoms with Crippen LogP contribution in [0.2, 0.25) is 5.02 Å². The van der Waals surface area contributed by atoms with Crippen LogP contribution >= 0.6 is 11.6 Å². The number of esters is 1. The van der Waals surface area contributed by atoms with E-state index in [1.807, 2.05) is 0 Å². The molecule has 0 saturated carbocycles. The van der Waals surface area contributed by atoms with Gasteiger partial charge in [0.1, 0.15) is 5.75 Å². The highest BCUT2D eigenvalue weighted by molar-refractivity contribution is 7.89. The number of hydrogen-bond acceptors (Lipinski definition) is 6. The molecule has 1 aliphatic heterocycles. The number of ether oxygens (including phenoxy) is 2. The van der Waals surface area contributed by atoms with Gasteiger partial charge in [0.25, 0.3) is 0 Å². The van der Waals surface area contributed by atoms with E-state index < -0.39 is 28.0 Å². The van der Waals surface area contributed by atoms with Gasteiger partial charge in [-0.2, -0.15) is 4.31 Å². The average Bonchev–Trinajstić information content (AvgIpc) is 2.83. The third-order valence-electron chi connectivity index (χ3n) is 5.65. The summed E-state index contributed by atoms with van der Waals surface area (Å²) in [6.45, 7) is 0.377. The van der Waals surface area contributed by atoms with Crippen molar-refractivity contribution < 1.29 is 27.5 Å². The first-order valence-corrected chi connectivity index (χ1v) is 12.3. The first kappa shape index (κ1) is 25.0. The third kappa shape index (κ3) is 6.04. The summed E-state index contributed by atoms with van der Waals surface area (Å²) < 4.78 is 37.4. The number of benzene rings is 2. The van der Waals surface area contributed by atoms with Crippen LogP contribution in [-0.4, -0.2) is 51.9 Å². The van der Waals surface area contributed by atoms with Crippen LogP contribution in [-0.2, 0) is 24.3 Å². The van der Waals surface area contributed by atoms with Crippen molar-refractivity contribution in [3.8, 4) is 5.75 Å². The minimum atomic E-state index is -3.76. The third-order valence-corrected chi connectivity index (χ3v) is 7.87. The number of halogens is 1. The summed E-state index contributed by atoms with van der Waals surface area (Å²) in [5.41, 5.74) is 0.594. The van der Waals surface area contributed by atoms with Gasteiger partial charge in [-0.15, -0.1) is 0 Å². The summed E-state index contributed by atoms with van der Waals surface area (Å²) in [6, 6.07) is 12.4. The van der Waals surface area contributed by atoms with Gasteiger partial charge in [-0.1, -0.05) is 29.8 Å². The normalized spacial score (nSPS) is 17.7. The molecule has 3 rings (SSSR count). The summed E-state index contributed by atoms with van der Waals surface area (Å²) in [5.74, 6) is -0.832. The zero-order valence-corrected chi connectivity index (χ0v) is 20.1. The summed E-state index contributed by atoms with van der Waals surface area (Å²) in [5, 5.41) is 3.29. The molecular weight excluding hydrogens is 468 g/mol.